The molecular formula is C18H27N3O4. The third-order valence-electron chi connectivity index (χ3n) is 4.14. The highest BCUT2D eigenvalue weighted by atomic mass is 16.6. The van der Waals surface area contributed by atoms with Crippen molar-refractivity contribution in [1.29, 1.82) is 0 Å². The molecule has 2 heterocycles. The molecule has 7 heteroatoms. The third kappa shape index (κ3) is 4.69. The van der Waals surface area contributed by atoms with Crippen LogP contribution in [0.1, 0.15) is 39.2 Å². The minimum atomic E-state index is -1.04. The van der Waals surface area contributed by atoms with E-state index in [0.717, 1.165) is 12.0 Å². The lowest BCUT2D eigenvalue weighted by molar-refractivity contribution is -0.153. The van der Waals surface area contributed by atoms with E-state index in [1.165, 1.54) is 12.0 Å². The number of methoxy groups -OCH3 is 1. The summed E-state index contributed by atoms with van der Waals surface area (Å²) in [5, 5.41) is 3.26. The molecule has 25 heavy (non-hydrogen) atoms. The number of carbonyl (C=O) groups is 2. The number of carbonyl (C=O) groups excluding carboxylic acids is 2. The van der Waals surface area contributed by atoms with E-state index in [-0.39, 0.29) is 0 Å². The van der Waals surface area contributed by atoms with Crippen LogP contribution < -0.4 is 5.32 Å². The molecular weight excluding hydrogens is 322 g/mol. The normalized spacial score (nSPS) is 20.4. The number of rotatable bonds is 5. The van der Waals surface area contributed by atoms with Crippen LogP contribution in [0.4, 0.5) is 4.79 Å². The molecule has 2 rings (SSSR count). The molecule has 1 saturated heterocycles. The summed E-state index contributed by atoms with van der Waals surface area (Å²) in [7, 11) is 1.34. The molecule has 1 atom stereocenters. The van der Waals surface area contributed by atoms with E-state index in [2.05, 4.69) is 10.3 Å². The van der Waals surface area contributed by atoms with Crippen LogP contribution >= 0.6 is 0 Å². The number of hydrogen-bond acceptors (Lipinski definition) is 6. The Labute approximate surface area is 148 Å². The molecule has 0 bridgehead atoms. The van der Waals surface area contributed by atoms with Crippen molar-refractivity contribution in [2.24, 2.45) is 0 Å². The summed E-state index contributed by atoms with van der Waals surface area (Å²) in [4.78, 5) is 30.7. The molecule has 0 unspecified atom stereocenters. The lowest BCUT2D eigenvalue weighted by atomic mass is 9.96. The van der Waals surface area contributed by atoms with E-state index in [4.69, 9.17) is 9.47 Å². The number of aromatic nitrogens is 1. The molecule has 1 aliphatic rings. The molecule has 7 nitrogen and oxygen atoms in total. The van der Waals surface area contributed by atoms with E-state index < -0.39 is 23.2 Å². The van der Waals surface area contributed by atoms with Gasteiger partial charge in [-0.25, -0.2) is 9.59 Å². The molecule has 0 saturated carbocycles. The van der Waals surface area contributed by atoms with Crippen molar-refractivity contribution in [2.75, 3.05) is 20.2 Å². The quantitative estimate of drug-likeness (QED) is 0.820. The Bertz CT molecular complexity index is 600. The predicted octanol–water partition coefficient (Wildman–Crippen LogP) is 2.11. The first kappa shape index (κ1) is 19.2. The number of ether oxygens (including phenoxy) is 2. The Morgan fingerprint density at radius 3 is 2.76 bits per heavy atom. The maximum Gasteiger partial charge on any atom is 0.411 e. The van der Waals surface area contributed by atoms with Gasteiger partial charge < -0.3 is 14.8 Å². The molecule has 0 radical (unpaired) electrons. The predicted molar refractivity (Wildman–Crippen MR) is 92.9 cm³/mol. The summed E-state index contributed by atoms with van der Waals surface area (Å²) in [6.45, 7) is 6.74. The number of esters is 1. The Balaban J connectivity index is 2.12. The number of nitrogens with zero attached hydrogens (tertiary/aromatic N) is 2. The topological polar surface area (TPSA) is 80.8 Å². The van der Waals surface area contributed by atoms with Gasteiger partial charge >= 0.3 is 12.1 Å². The van der Waals surface area contributed by atoms with Crippen LogP contribution in [-0.4, -0.2) is 53.3 Å². The van der Waals surface area contributed by atoms with Gasteiger partial charge in [0.15, 0.2) is 5.54 Å². The van der Waals surface area contributed by atoms with Crippen LogP contribution in [0.15, 0.2) is 24.5 Å². The van der Waals surface area contributed by atoms with Crippen molar-refractivity contribution < 1.29 is 19.1 Å². The SMILES string of the molecule is COC(=O)[C@@]1(CNCc2cccnc2)CCCN1C(=O)OC(C)(C)C. The zero-order valence-corrected chi connectivity index (χ0v) is 15.4. The Hall–Kier alpha value is -2.15. The Morgan fingerprint density at radius 1 is 1.40 bits per heavy atom. The zero-order valence-electron chi connectivity index (χ0n) is 15.4. The van der Waals surface area contributed by atoms with E-state index in [1.54, 1.807) is 33.2 Å². The number of hydrogen-bond donors (Lipinski definition) is 1. The second-order valence-electron chi connectivity index (χ2n) is 7.22. The standard InChI is InChI=1S/C18H27N3O4/c1-17(2,3)25-16(23)21-10-6-8-18(21,15(22)24-4)13-20-12-14-7-5-9-19-11-14/h5,7,9,11,20H,6,8,10,12-13H2,1-4H3/t18-/m0/s1. The second-order valence-corrected chi connectivity index (χ2v) is 7.22. The van der Waals surface area contributed by atoms with Gasteiger partial charge in [-0.2, -0.15) is 0 Å². The molecule has 1 amide bonds. The zero-order chi connectivity index (χ0) is 18.5. The van der Waals surface area contributed by atoms with Crippen LogP contribution in [0.2, 0.25) is 0 Å². The lowest BCUT2D eigenvalue weighted by Gasteiger charge is -2.37. The lowest BCUT2D eigenvalue weighted by Crippen LogP contribution is -2.59. The summed E-state index contributed by atoms with van der Waals surface area (Å²) in [5.74, 6) is -0.422. The summed E-state index contributed by atoms with van der Waals surface area (Å²) in [6.07, 6.45) is 4.25. The van der Waals surface area contributed by atoms with Crippen LogP contribution in [0.25, 0.3) is 0 Å². The van der Waals surface area contributed by atoms with Gasteiger partial charge in [-0.3, -0.25) is 9.88 Å². The van der Waals surface area contributed by atoms with Crippen LogP contribution in [-0.2, 0) is 20.8 Å². The van der Waals surface area contributed by atoms with E-state index in [1.807, 2.05) is 12.1 Å². The maximum absolute atomic E-state index is 12.6. The van der Waals surface area contributed by atoms with Gasteiger partial charge in [0, 0.05) is 32.0 Å². The molecule has 0 aliphatic carbocycles. The molecule has 138 valence electrons. The van der Waals surface area contributed by atoms with Crippen molar-refractivity contribution in [3.63, 3.8) is 0 Å². The molecule has 1 aliphatic heterocycles. The van der Waals surface area contributed by atoms with Crippen molar-refractivity contribution in [3.05, 3.63) is 30.1 Å². The van der Waals surface area contributed by atoms with Crippen LogP contribution in [0.5, 0.6) is 0 Å². The maximum atomic E-state index is 12.6. The van der Waals surface area contributed by atoms with Gasteiger partial charge in [0.2, 0.25) is 0 Å². The van der Waals surface area contributed by atoms with Gasteiger partial charge in [-0.15, -0.1) is 0 Å². The van der Waals surface area contributed by atoms with E-state index >= 15 is 0 Å². The van der Waals surface area contributed by atoms with Gasteiger partial charge in [0.1, 0.15) is 5.60 Å². The Morgan fingerprint density at radius 2 is 2.16 bits per heavy atom. The van der Waals surface area contributed by atoms with Gasteiger partial charge in [0.25, 0.3) is 0 Å². The van der Waals surface area contributed by atoms with Crippen LogP contribution in [0.3, 0.4) is 0 Å². The van der Waals surface area contributed by atoms with Gasteiger partial charge in [0.05, 0.1) is 7.11 Å². The first-order valence-corrected chi connectivity index (χ1v) is 8.47. The van der Waals surface area contributed by atoms with E-state index in [0.29, 0.717) is 26.1 Å². The first-order valence-electron chi connectivity index (χ1n) is 8.47. The minimum absolute atomic E-state index is 0.299. The largest absolute Gasteiger partial charge is 0.467 e. The van der Waals surface area contributed by atoms with Crippen LogP contribution in [0, 0.1) is 0 Å². The van der Waals surface area contributed by atoms with Gasteiger partial charge in [-0.05, 0) is 45.2 Å². The second kappa shape index (κ2) is 7.82. The first-order chi connectivity index (χ1) is 11.8. The highest BCUT2D eigenvalue weighted by Crippen LogP contribution is 2.32. The fraction of sp³-hybridized carbons (Fsp3) is 0.611. The molecule has 1 fully saturated rings. The Kier molecular flexibility index (Phi) is 6.00. The minimum Gasteiger partial charge on any atom is -0.467 e. The third-order valence-corrected chi connectivity index (χ3v) is 4.14. The number of pyridine rings is 1. The van der Waals surface area contributed by atoms with E-state index in [9.17, 15) is 9.59 Å². The number of likely N-dealkylation sites (tertiary alicyclic amines) is 1. The van der Waals surface area contributed by atoms with Gasteiger partial charge in [-0.1, -0.05) is 6.07 Å². The fourth-order valence-electron chi connectivity index (χ4n) is 3.04. The average Bonchev–Trinajstić information content (AvgIpc) is 2.99. The summed E-state index contributed by atoms with van der Waals surface area (Å²) < 4.78 is 10.5. The number of amides is 1. The highest BCUT2D eigenvalue weighted by Gasteiger charge is 2.51. The molecule has 1 aromatic heterocycles. The molecule has 0 aromatic carbocycles. The number of nitrogens with one attached hydrogen (secondary N) is 1. The summed E-state index contributed by atoms with van der Waals surface area (Å²) >= 11 is 0. The smallest absolute Gasteiger partial charge is 0.411 e. The average molecular weight is 349 g/mol. The molecule has 1 aromatic rings. The fourth-order valence-corrected chi connectivity index (χ4v) is 3.04. The summed E-state index contributed by atoms with van der Waals surface area (Å²) in [6, 6.07) is 3.81. The molecule has 1 N–H and O–H groups in total. The van der Waals surface area contributed by atoms with Crippen molar-refractivity contribution in [2.45, 2.75) is 51.3 Å². The monoisotopic (exact) mass is 349 g/mol. The van der Waals surface area contributed by atoms with Crippen molar-refractivity contribution >= 4 is 12.1 Å². The summed E-state index contributed by atoms with van der Waals surface area (Å²) in [5.41, 5.74) is -0.659. The highest BCUT2D eigenvalue weighted by molar-refractivity contribution is 5.87. The molecule has 0 spiro atoms. The van der Waals surface area contributed by atoms with Crippen molar-refractivity contribution in [3.8, 4) is 0 Å². The van der Waals surface area contributed by atoms with Crippen molar-refractivity contribution in [1.82, 2.24) is 15.2 Å².